The second-order valence-corrected chi connectivity index (χ2v) is 3.90. The molecule has 8 heteroatoms. The topological polar surface area (TPSA) is 89.7 Å². The molecule has 0 aliphatic heterocycles. The molecule has 0 amide bonds. The van der Waals surface area contributed by atoms with Crippen LogP contribution in [0.5, 0.6) is 11.5 Å². The second-order valence-electron chi connectivity index (χ2n) is 3.90. The van der Waals surface area contributed by atoms with Crippen LogP contribution in [0.3, 0.4) is 0 Å². The van der Waals surface area contributed by atoms with Crippen molar-refractivity contribution in [2.75, 3.05) is 0 Å². The van der Waals surface area contributed by atoms with Crippen molar-refractivity contribution >= 4 is 11.7 Å². The Morgan fingerprint density at radius 3 is 2.57 bits per heavy atom. The van der Waals surface area contributed by atoms with Crippen LogP contribution in [0.2, 0.25) is 0 Å². The van der Waals surface area contributed by atoms with E-state index in [-0.39, 0.29) is 5.75 Å². The zero-order valence-electron chi connectivity index (χ0n) is 10.2. The van der Waals surface area contributed by atoms with Gasteiger partial charge in [0.2, 0.25) is 5.82 Å². The molecule has 1 N–H and O–H groups in total. The van der Waals surface area contributed by atoms with E-state index in [1.807, 2.05) is 0 Å². The number of benzene rings is 2. The van der Waals surface area contributed by atoms with Crippen LogP contribution >= 0.6 is 0 Å². The summed E-state index contributed by atoms with van der Waals surface area (Å²) in [4.78, 5) is 20.7. The third-order valence-corrected chi connectivity index (χ3v) is 2.54. The molecule has 0 saturated carbocycles. The minimum atomic E-state index is -1.48. The Balaban J connectivity index is 2.42. The van der Waals surface area contributed by atoms with Gasteiger partial charge in [-0.05, 0) is 24.3 Å². The van der Waals surface area contributed by atoms with Gasteiger partial charge in [-0.3, -0.25) is 10.1 Å². The van der Waals surface area contributed by atoms with E-state index >= 15 is 0 Å². The molecule has 0 heterocycles. The lowest BCUT2D eigenvalue weighted by molar-refractivity contribution is -0.385. The van der Waals surface area contributed by atoms with Gasteiger partial charge in [0.25, 0.3) is 5.69 Å². The van der Waals surface area contributed by atoms with E-state index in [4.69, 9.17) is 9.84 Å². The highest BCUT2D eigenvalue weighted by molar-refractivity contribution is 5.92. The predicted octanol–water partition coefficient (Wildman–Crippen LogP) is 3.36. The number of halogens is 2. The molecule has 0 bridgehead atoms. The lowest BCUT2D eigenvalue weighted by atomic mass is 10.1. The first kappa shape index (κ1) is 14.4. The number of aromatic carboxylic acids is 1. The number of carboxylic acids is 1. The zero-order valence-corrected chi connectivity index (χ0v) is 10.2. The minimum absolute atomic E-state index is 0.184. The van der Waals surface area contributed by atoms with Crippen molar-refractivity contribution in [1.82, 2.24) is 0 Å². The Morgan fingerprint density at radius 1 is 1.24 bits per heavy atom. The molecule has 0 atom stereocenters. The number of rotatable bonds is 4. The molecule has 0 spiro atoms. The van der Waals surface area contributed by atoms with Crippen molar-refractivity contribution in [3.63, 3.8) is 0 Å². The van der Waals surface area contributed by atoms with Crippen molar-refractivity contribution in [1.29, 1.82) is 0 Å². The van der Waals surface area contributed by atoms with Gasteiger partial charge in [0.15, 0.2) is 11.6 Å². The molecule has 0 aliphatic rings. The van der Waals surface area contributed by atoms with E-state index in [2.05, 4.69) is 0 Å². The number of nitro groups is 1. The van der Waals surface area contributed by atoms with Gasteiger partial charge < -0.3 is 9.84 Å². The van der Waals surface area contributed by atoms with Crippen molar-refractivity contribution < 1.29 is 28.3 Å². The van der Waals surface area contributed by atoms with E-state index < -0.39 is 39.5 Å². The van der Waals surface area contributed by atoms with E-state index in [1.165, 1.54) is 6.07 Å². The first-order chi connectivity index (χ1) is 9.90. The fraction of sp³-hybridized carbons (Fsp3) is 0. The molecule has 21 heavy (non-hydrogen) atoms. The monoisotopic (exact) mass is 295 g/mol. The van der Waals surface area contributed by atoms with Gasteiger partial charge in [-0.25, -0.2) is 9.18 Å². The summed E-state index contributed by atoms with van der Waals surface area (Å²) >= 11 is 0. The Hall–Kier alpha value is -3.03. The third-order valence-electron chi connectivity index (χ3n) is 2.54. The predicted molar refractivity (Wildman–Crippen MR) is 66.5 cm³/mol. The first-order valence-corrected chi connectivity index (χ1v) is 5.53. The maximum atomic E-state index is 13.4. The fourth-order valence-corrected chi connectivity index (χ4v) is 1.60. The van der Waals surface area contributed by atoms with Crippen molar-refractivity contribution in [3.8, 4) is 11.5 Å². The normalized spacial score (nSPS) is 10.2. The molecule has 2 aromatic rings. The highest BCUT2D eigenvalue weighted by Gasteiger charge is 2.21. The van der Waals surface area contributed by atoms with Crippen LogP contribution in [0.15, 0.2) is 36.4 Å². The van der Waals surface area contributed by atoms with Gasteiger partial charge >= 0.3 is 5.97 Å². The quantitative estimate of drug-likeness (QED) is 0.690. The third kappa shape index (κ3) is 2.94. The Kier molecular flexibility index (Phi) is 3.79. The lowest BCUT2D eigenvalue weighted by Crippen LogP contribution is -2.03. The van der Waals surface area contributed by atoms with E-state index in [0.717, 1.165) is 30.3 Å². The van der Waals surface area contributed by atoms with Crippen molar-refractivity contribution in [2.24, 2.45) is 0 Å². The maximum absolute atomic E-state index is 13.4. The van der Waals surface area contributed by atoms with Crippen molar-refractivity contribution in [3.05, 3.63) is 63.7 Å². The van der Waals surface area contributed by atoms with Gasteiger partial charge in [-0.15, -0.1) is 0 Å². The maximum Gasteiger partial charge on any atom is 0.342 e. The Labute approximate surface area is 116 Å². The number of carbonyl (C=O) groups is 1. The molecule has 0 saturated heterocycles. The molecule has 0 unspecified atom stereocenters. The molecule has 108 valence electrons. The van der Waals surface area contributed by atoms with Gasteiger partial charge in [-0.1, -0.05) is 6.07 Å². The number of hydrogen-bond donors (Lipinski definition) is 1. The number of carboxylic acid groups (broad SMARTS) is 1. The molecule has 0 aromatic heterocycles. The summed E-state index contributed by atoms with van der Waals surface area (Å²) in [5, 5.41) is 19.6. The molecule has 2 aromatic carbocycles. The molecule has 0 radical (unpaired) electrons. The second kappa shape index (κ2) is 5.53. The summed E-state index contributed by atoms with van der Waals surface area (Å²) in [7, 11) is 0. The highest BCUT2D eigenvalue weighted by Crippen LogP contribution is 2.30. The summed E-state index contributed by atoms with van der Waals surface area (Å²) in [5.74, 6) is -4.51. The summed E-state index contributed by atoms with van der Waals surface area (Å²) in [5.41, 5.74) is -1.25. The van der Waals surface area contributed by atoms with Gasteiger partial charge in [-0.2, -0.15) is 4.39 Å². The van der Waals surface area contributed by atoms with E-state index in [9.17, 15) is 23.7 Å². The van der Waals surface area contributed by atoms with Crippen LogP contribution in [0.1, 0.15) is 10.4 Å². The van der Waals surface area contributed by atoms with Crippen LogP contribution in [-0.2, 0) is 0 Å². The summed E-state index contributed by atoms with van der Waals surface area (Å²) in [6.45, 7) is 0. The standard InChI is InChI=1S/C13H7F2NO5/c14-9-2-1-3-11(12(9)15)21-7-4-5-8(13(17)18)10(6-7)16(19)20/h1-6H,(H,17,18). The lowest BCUT2D eigenvalue weighted by Gasteiger charge is -2.07. The molecule has 2 rings (SSSR count). The Morgan fingerprint density at radius 2 is 1.95 bits per heavy atom. The van der Waals surface area contributed by atoms with Crippen LogP contribution in [-0.4, -0.2) is 16.0 Å². The summed E-state index contributed by atoms with van der Waals surface area (Å²) in [6.07, 6.45) is 0. The highest BCUT2D eigenvalue weighted by atomic mass is 19.2. The smallest absolute Gasteiger partial charge is 0.342 e. The van der Waals surface area contributed by atoms with Crippen LogP contribution in [0.4, 0.5) is 14.5 Å². The summed E-state index contributed by atoms with van der Waals surface area (Å²) in [6, 6.07) is 6.11. The van der Waals surface area contributed by atoms with E-state index in [1.54, 1.807) is 0 Å². The number of nitrogens with zero attached hydrogens (tertiary/aromatic N) is 1. The zero-order chi connectivity index (χ0) is 15.6. The number of hydrogen-bond acceptors (Lipinski definition) is 4. The van der Waals surface area contributed by atoms with Gasteiger partial charge in [0.1, 0.15) is 11.3 Å². The molecular weight excluding hydrogens is 288 g/mol. The van der Waals surface area contributed by atoms with Crippen LogP contribution < -0.4 is 4.74 Å². The average molecular weight is 295 g/mol. The van der Waals surface area contributed by atoms with Gasteiger partial charge in [0.05, 0.1) is 11.0 Å². The first-order valence-electron chi connectivity index (χ1n) is 5.53. The van der Waals surface area contributed by atoms with Crippen LogP contribution in [0, 0.1) is 21.7 Å². The number of ether oxygens (including phenoxy) is 1. The average Bonchev–Trinajstić information content (AvgIpc) is 2.43. The van der Waals surface area contributed by atoms with E-state index in [0.29, 0.717) is 0 Å². The Bertz CT molecular complexity index is 732. The largest absolute Gasteiger partial charge is 0.477 e. The molecule has 0 aliphatic carbocycles. The molecule has 0 fully saturated rings. The minimum Gasteiger partial charge on any atom is -0.477 e. The molecule has 6 nitrogen and oxygen atoms in total. The van der Waals surface area contributed by atoms with Crippen molar-refractivity contribution in [2.45, 2.75) is 0 Å². The molecular formula is C13H7F2NO5. The van der Waals surface area contributed by atoms with Crippen LogP contribution in [0.25, 0.3) is 0 Å². The SMILES string of the molecule is O=C(O)c1ccc(Oc2cccc(F)c2F)cc1[N+](=O)[O-]. The van der Waals surface area contributed by atoms with Gasteiger partial charge in [0, 0.05) is 0 Å². The summed E-state index contributed by atoms with van der Waals surface area (Å²) < 4.78 is 31.4. The number of nitro benzene ring substituents is 1. The fourth-order valence-electron chi connectivity index (χ4n) is 1.60.